The monoisotopic (exact) mass is 397 g/mol. The summed E-state index contributed by atoms with van der Waals surface area (Å²) < 4.78 is 1.11. The van der Waals surface area contributed by atoms with Crippen LogP contribution in [-0.4, -0.2) is 11.1 Å². The van der Waals surface area contributed by atoms with E-state index in [1.54, 1.807) is 6.07 Å². The van der Waals surface area contributed by atoms with E-state index in [2.05, 4.69) is 45.5 Å². The summed E-state index contributed by atoms with van der Waals surface area (Å²) in [5.41, 5.74) is 4.07. The highest BCUT2D eigenvalue weighted by atomic mass is 79.9. The summed E-state index contributed by atoms with van der Waals surface area (Å²) in [6.45, 7) is 0. The molecule has 2 N–H and O–H groups in total. The van der Waals surface area contributed by atoms with Crippen molar-refractivity contribution >= 4 is 27.6 Å². The summed E-state index contributed by atoms with van der Waals surface area (Å²) in [5, 5.41) is 13.1. The molecule has 2 aromatic carbocycles. The Balaban J connectivity index is 1.64. The van der Waals surface area contributed by atoms with Crippen LogP contribution in [0.3, 0.4) is 0 Å². The second kappa shape index (κ2) is 5.60. The first-order valence-corrected chi connectivity index (χ1v) is 9.80. The van der Waals surface area contributed by atoms with Crippen molar-refractivity contribution in [2.75, 3.05) is 5.32 Å². The van der Waals surface area contributed by atoms with E-state index in [4.69, 9.17) is 0 Å². The van der Waals surface area contributed by atoms with Gasteiger partial charge in [-0.15, -0.1) is 0 Å². The number of hydrogen-bond acceptors (Lipinski definition) is 2. The molecule has 2 bridgehead atoms. The number of carbonyl (C=O) groups is 1. The van der Waals surface area contributed by atoms with E-state index in [1.165, 1.54) is 30.4 Å². The predicted molar refractivity (Wildman–Crippen MR) is 101 cm³/mol. The van der Waals surface area contributed by atoms with Crippen molar-refractivity contribution < 1.29 is 9.90 Å². The van der Waals surface area contributed by atoms with E-state index < -0.39 is 5.97 Å². The van der Waals surface area contributed by atoms with Crippen LogP contribution in [0.1, 0.15) is 52.7 Å². The molecule has 25 heavy (non-hydrogen) atoms. The van der Waals surface area contributed by atoms with Crippen LogP contribution in [0.4, 0.5) is 5.69 Å². The summed E-state index contributed by atoms with van der Waals surface area (Å²) in [5.74, 6) is 1.65. The SMILES string of the molecule is O=C(O)c1ccc2c(c1)[C@@H]1[C@H]3CC[C@@H](C3)[C@@H]1[C@@H](c1cccc(Br)c1)N2. The Morgan fingerprint density at radius 1 is 1.12 bits per heavy atom. The number of anilines is 1. The highest BCUT2D eigenvalue weighted by molar-refractivity contribution is 9.10. The summed E-state index contributed by atoms with van der Waals surface area (Å²) >= 11 is 3.61. The second-order valence-corrected chi connectivity index (χ2v) is 8.64. The van der Waals surface area contributed by atoms with E-state index >= 15 is 0 Å². The Morgan fingerprint density at radius 3 is 2.76 bits per heavy atom. The van der Waals surface area contributed by atoms with Gasteiger partial charge in [-0.05, 0) is 84.4 Å². The van der Waals surface area contributed by atoms with Crippen LogP contribution in [0.2, 0.25) is 0 Å². The molecule has 3 nitrogen and oxygen atoms in total. The molecule has 128 valence electrons. The average molecular weight is 398 g/mol. The van der Waals surface area contributed by atoms with Gasteiger partial charge >= 0.3 is 5.97 Å². The van der Waals surface area contributed by atoms with Crippen LogP contribution < -0.4 is 5.32 Å². The molecule has 2 aromatic rings. The fourth-order valence-electron chi connectivity index (χ4n) is 5.65. The summed E-state index contributed by atoms with van der Waals surface area (Å²) in [4.78, 5) is 11.4. The van der Waals surface area contributed by atoms with Gasteiger partial charge in [-0.2, -0.15) is 0 Å². The molecule has 0 spiro atoms. The topological polar surface area (TPSA) is 49.3 Å². The molecule has 0 saturated heterocycles. The normalized spacial score (nSPS) is 32.0. The molecular weight excluding hydrogens is 378 g/mol. The number of carboxylic acids is 1. The zero-order chi connectivity index (χ0) is 17.1. The number of carboxylic acid groups (broad SMARTS) is 1. The molecule has 2 aliphatic carbocycles. The van der Waals surface area contributed by atoms with Gasteiger partial charge in [-0.1, -0.05) is 28.1 Å². The third kappa shape index (κ3) is 2.34. The molecule has 4 heteroatoms. The van der Waals surface area contributed by atoms with Gasteiger partial charge in [0.05, 0.1) is 11.6 Å². The summed E-state index contributed by atoms with van der Waals surface area (Å²) in [7, 11) is 0. The van der Waals surface area contributed by atoms with Crippen molar-refractivity contribution in [3.05, 3.63) is 63.6 Å². The fourth-order valence-corrected chi connectivity index (χ4v) is 6.07. The van der Waals surface area contributed by atoms with Gasteiger partial charge in [0.1, 0.15) is 0 Å². The average Bonchev–Trinajstić information content (AvgIpc) is 3.22. The van der Waals surface area contributed by atoms with Gasteiger partial charge in [0, 0.05) is 10.2 Å². The number of benzene rings is 2. The number of hydrogen-bond donors (Lipinski definition) is 2. The standard InChI is InChI=1S/C21H20BrNO2/c22-15-3-1-2-13(9-15)20-19-12-5-4-11(8-12)18(19)16-10-14(21(24)25)6-7-17(16)23-20/h1-3,6-7,9-12,18-20,23H,4-5,8H2,(H,24,25)/t11-,12-,18-,19-,20+/m0/s1. The van der Waals surface area contributed by atoms with Crippen LogP contribution in [0.15, 0.2) is 46.9 Å². The first-order chi connectivity index (χ1) is 12.1. The van der Waals surface area contributed by atoms with Crippen molar-refractivity contribution in [1.29, 1.82) is 0 Å². The van der Waals surface area contributed by atoms with Crippen LogP contribution in [0.25, 0.3) is 0 Å². The maximum absolute atomic E-state index is 11.4. The minimum Gasteiger partial charge on any atom is -0.478 e. The highest BCUT2D eigenvalue weighted by Gasteiger charge is 2.53. The molecule has 2 fully saturated rings. The Hall–Kier alpha value is -1.81. The first kappa shape index (κ1) is 15.4. The van der Waals surface area contributed by atoms with Gasteiger partial charge in [0.15, 0.2) is 0 Å². The van der Waals surface area contributed by atoms with Gasteiger partial charge in [-0.25, -0.2) is 4.79 Å². The Labute approximate surface area is 155 Å². The van der Waals surface area contributed by atoms with Gasteiger partial charge < -0.3 is 10.4 Å². The maximum Gasteiger partial charge on any atom is 0.335 e. The predicted octanol–water partition coefficient (Wildman–Crippen LogP) is 5.44. The summed E-state index contributed by atoms with van der Waals surface area (Å²) in [6, 6.07) is 14.5. The van der Waals surface area contributed by atoms with Gasteiger partial charge in [-0.3, -0.25) is 0 Å². The Bertz CT molecular complexity index is 865. The summed E-state index contributed by atoms with van der Waals surface area (Å²) in [6.07, 6.45) is 3.89. The Morgan fingerprint density at radius 2 is 1.96 bits per heavy atom. The molecule has 0 aromatic heterocycles. The minimum atomic E-state index is -0.836. The van der Waals surface area contributed by atoms with E-state index in [-0.39, 0.29) is 0 Å². The van der Waals surface area contributed by atoms with E-state index in [9.17, 15) is 9.90 Å². The number of rotatable bonds is 2. The third-order valence-electron chi connectivity index (χ3n) is 6.54. The van der Waals surface area contributed by atoms with E-state index in [0.717, 1.165) is 16.1 Å². The smallest absolute Gasteiger partial charge is 0.335 e. The molecule has 1 heterocycles. The lowest BCUT2D eigenvalue weighted by molar-refractivity contribution is 0.0696. The maximum atomic E-state index is 11.4. The molecule has 0 amide bonds. The van der Waals surface area contributed by atoms with Crippen molar-refractivity contribution in [3.8, 4) is 0 Å². The number of nitrogens with one attached hydrogen (secondary N) is 1. The number of aromatic carboxylic acids is 1. The minimum absolute atomic E-state index is 0.306. The zero-order valence-electron chi connectivity index (χ0n) is 13.8. The second-order valence-electron chi connectivity index (χ2n) is 7.72. The van der Waals surface area contributed by atoms with E-state index in [0.29, 0.717) is 29.4 Å². The quantitative estimate of drug-likeness (QED) is 0.708. The molecule has 0 unspecified atom stereocenters. The van der Waals surface area contributed by atoms with Crippen molar-refractivity contribution in [2.45, 2.75) is 31.2 Å². The van der Waals surface area contributed by atoms with Crippen LogP contribution in [-0.2, 0) is 0 Å². The number of halogens is 1. The fraction of sp³-hybridized carbons (Fsp3) is 0.381. The lowest BCUT2D eigenvalue weighted by Crippen LogP contribution is -2.35. The lowest BCUT2D eigenvalue weighted by Gasteiger charge is -2.43. The molecule has 5 rings (SSSR count). The van der Waals surface area contributed by atoms with Crippen LogP contribution in [0, 0.1) is 17.8 Å². The molecule has 1 aliphatic heterocycles. The molecule has 2 saturated carbocycles. The van der Waals surface area contributed by atoms with E-state index in [1.807, 2.05) is 12.1 Å². The van der Waals surface area contributed by atoms with Crippen molar-refractivity contribution in [3.63, 3.8) is 0 Å². The van der Waals surface area contributed by atoms with Crippen LogP contribution >= 0.6 is 15.9 Å². The highest BCUT2D eigenvalue weighted by Crippen LogP contribution is 2.63. The molecule has 5 atom stereocenters. The number of fused-ring (bicyclic) bond motifs is 7. The van der Waals surface area contributed by atoms with Gasteiger partial charge in [0.25, 0.3) is 0 Å². The molecular formula is C21H20BrNO2. The first-order valence-electron chi connectivity index (χ1n) is 9.01. The van der Waals surface area contributed by atoms with Gasteiger partial charge in [0.2, 0.25) is 0 Å². The largest absolute Gasteiger partial charge is 0.478 e. The van der Waals surface area contributed by atoms with Crippen LogP contribution in [0.5, 0.6) is 0 Å². The van der Waals surface area contributed by atoms with Crippen molar-refractivity contribution in [2.24, 2.45) is 17.8 Å². The zero-order valence-corrected chi connectivity index (χ0v) is 15.4. The Kier molecular flexibility index (Phi) is 3.46. The third-order valence-corrected chi connectivity index (χ3v) is 7.04. The lowest BCUT2D eigenvalue weighted by atomic mass is 9.68. The van der Waals surface area contributed by atoms with Crippen molar-refractivity contribution in [1.82, 2.24) is 0 Å². The molecule has 0 radical (unpaired) electrons. The molecule has 3 aliphatic rings.